The number of carbonyl (C=O) groups excluding carboxylic acids is 1. The zero-order chi connectivity index (χ0) is 17.1. The van der Waals surface area contributed by atoms with Crippen LogP contribution in [0.5, 0.6) is 5.75 Å². The van der Waals surface area contributed by atoms with Gasteiger partial charge in [0.05, 0.1) is 22.3 Å². The van der Waals surface area contributed by atoms with Gasteiger partial charge in [-0.2, -0.15) is 0 Å². The predicted molar refractivity (Wildman–Crippen MR) is 101 cm³/mol. The van der Waals surface area contributed by atoms with Gasteiger partial charge < -0.3 is 10.1 Å². The lowest BCUT2D eigenvalue weighted by Gasteiger charge is -2.08. The van der Waals surface area contributed by atoms with Gasteiger partial charge in [-0.3, -0.25) is 4.79 Å². The fourth-order valence-electron chi connectivity index (χ4n) is 2.23. The second kappa shape index (κ2) is 7.15. The Kier molecular flexibility index (Phi) is 4.97. The lowest BCUT2D eigenvalue weighted by molar-refractivity contribution is 0.102. The zero-order valence-electron chi connectivity index (χ0n) is 13.2. The molecule has 0 aliphatic heterocycles. The van der Waals surface area contributed by atoms with Gasteiger partial charge >= 0.3 is 0 Å². The molecule has 0 aliphatic carbocycles. The minimum absolute atomic E-state index is 0.171. The van der Waals surface area contributed by atoms with Crippen LogP contribution in [0.1, 0.15) is 15.4 Å². The Hall–Kier alpha value is -2.18. The summed E-state index contributed by atoms with van der Waals surface area (Å²) >= 11 is 5.01. The number of halogens is 1. The zero-order valence-corrected chi connectivity index (χ0v) is 15.6. The Morgan fingerprint density at radius 1 is 1.21 bits per heavy atom. The van der Waals surface area contributed by atoms with Crippen molar-refractivity contribution in [3.63, 3.8) is 0 Å². The number of nitrogens with zero attached hydrogens (tertiary/aromatic N) is 1. The van der Waals surface area contributed by atoms with Crippen molar-refractivity contribution in [2.75, 3.05) is 12.4 Å². The third-order valence-corrected chi connectivity index (χ3v) is 4.86. The maximum absolute atomic E-state index is 12.3. The third kappa shape index (κ3) is 3.66. The highest BCUT2D eigenvalue weighted by molar-refractivity contribution is 9.10. The number of benzene rings is 2. The molecule has 0 bridgehead atoms. The molecular weight excluding hydrogens is 388 g/mol. The smallest absolute Gasteiger partial charge is 0.255 e. The molecular formula is C18H15BrN2O2S. The average molecular weight is 403 g/mol. The van der Waals surface area contributed by atoms with Crippen LogP contribution in [0, 0.1) is 6.92 Å². The first-order chi connectivity index (χ1) is 11.6. The van der Waals surface area contributed by atoms with Gasteiger partial charge in [-0.15, -0.1) is 11.3 Å². The molecule has 0 aliphatic rings. The molecule has 0 spiro atoms. The number of hydrogen-bond acceptors (Lipinski definition) is 4. The first-order valence-corrected chi connectivity index (χ1v) is 8.91. The highest BCUT2D eigenvalue weighted by atomic mass is 79.9. The summed E-state index contributed by atoms with van der Waals surface area (Å²) in [6, 6.07) is 12.9. The molecule has 3 rings (SSSR count). The number of nitrogens with one attached hydrogen (secondary N) is 1. The normalized spacial score (nSPS) is 10.5. The monoisotopic (exact) mass is 402 g/mol. The Morgan fingerprint density at radius 2 is 1.96 bits per heavy atom. The number of aromatic nitrogens is 1. The molecule has 2 aromatic carbocycles. The van der Waals surface area contributed by atoms with E-state index in [0.717, 1.165) is 26.4 Å². The summed E-state index contributed by atoms with van der Waals surface area (Å²) in [7, 11) is 1.59. The average Bonchev–Trinajstić information content (AvgIpc) is 3.02. The molecule has 6 heteroatoms. The number of thiazole rings is 1. The molecule has 0 atom stereocenters. The SMILES string of the molecule is COc1ccc(C(=O)Nc2ccc(-c3csc(C)n3)cc2)cc1Br. The standard InChI is InChI=1S/C18H15BrN2O2S/c1-11-20-16(10-24-11)12-3-6-14(7-4-12)21-18(22)13-5-8-17(23-2)15(19)9-13/h3-10H,1-2H3,(H,21,22). The van der Waals surface area contributed by atoms with E-state index in [0.29, 0.717) is 11.3 Å². The van der Waals surface area contributed by atoms with Crippen LogP contribution >= 0.6 is 27.3 Å². The lowest BCUT2D eigenvalue weighted by atomic mass is 10.1. The Morgan fingerprint density at radius 3 is 2.54 bits per heavy atom. The number of hydrogen-bond donors (Lipinski definition) is 1. The first kappa shape index (κ1) is 16.7. The predicted octanol–water partition coefficient (Wildman–Crippen LogP) is 5.14. The van der Waals surface area contributed by atoms with Crippen molar-refractivity contribution in [3.8, 4) is 17.0 Å². The molecule has 3 aromatic rings. The number of carbonyl (C=O) groups is 1. The van der Waals surface area contributed by atoms with E-state index in [4.69, 9.17) is 4.74 Å². The van der Waals surface area contributed by atoms with E-state index in [2.05, 4.69) is 26.2 Å². The maximum Gasteiger partial charge on any atom is 0.255 e. The largest absolute Gasteiger partial charge is 0.496 e. The van der Waals surface area contributed by atoms with Crippen LogP contribution in [0.25, 0.3) is 11.3 Å². The van der Waals surface area contributed by atoms with Gasteiger partial charge in [-0.1, -0.05) is 12.1 Å². The molecule has 0 fully saturated rings. The van der Waals surface area contributed by atoms with Crippen LogP contribution in [0.15, 0.2) is 52.3 Å². The van der Waals surface area contributed by atoms with Crippen molar-refractivity contribution in [2.45, 2.75) is 6.92 Å². The lowest BCUT2D eigenvalue weighted by Crippen LogP contribution is -2.11. The van der Waals surface area contributed by atoms with Gasteiger partial charge in [-0.05, 0) is 53.2 Å². The fraction of sp³-hybridized carbons (Fsp3) is 0.111. The van der Waals surface area contributed by atoms with Crippen molar-refractivity contribution in [3.05, 3.63) is 62.9 Å². The summed E-state index contributed by atoms with van der Waals surface area (Å²) in [5, 5.41) is 5.95. The van der Waals surface area contributed by atoms with Gasteiger partial charge in [0, 0.05) is 22.2 Å². The van der Waals surface area contributed by atoms with Crippen LogP contribution in [-0.2, 0) is 0 Å². The van der Waals surface area contributed by atoms with Gasteiger partial charge in [0.15, 0.2) is 0 Å². The van der Waals surface area contributed by atoms with Crippen molar-refractivity contribution in [1.82, 2.24) is 4.98 Å². The number of aryl methyl sites for hydroxylation is 1. The van der Waals surface area contributed by atoms with Crippen molar-refractivity contribution in [2.24, 2.45) is 0 Å². The van der Waals surface area contributed by atoms with Crippen molar-refractivity contribution in [1.29, 1.82) is 0 Å². The highest BCUT2D eigenvalue weighted by Gasteiger charge is 2.10. The molecule has 1 heterocycles. The van der Waals surface area contributed by atoms with Crippen molar-refractivity contribution >= 4 is 38.9 Å². The summed E-state index contributed by atoms with van der Waals surface area (Å²) in [5.74, 6) is 0.519. The Labute approximate surface area is 152 Å². The summed E-state index contributed by atoms with van der Waals surface area (Å²) in [6.07, 6.45) is 0. The van der Waals surface area contributed by atoms with Crippen LogP contribution in [0.3, 0.4) is 0 Å². The Bertz CT molecular complexity index is 875. The highest BCUT2D eigenvalue weighted by Crippen LogP contribution is 2.26. The van der Waals surface area contributed by atoms with Gasteiger partial charge in [0.1, 0.15) is 5.75 Å². The van der Waals surface area contributed by atoms with Gasteiger partial charge in [0.25, 0.3) is 5.91 Å². The number of anilines is 1. The van der Waals surface area contributed by atoms with E-state index in [-0.39, 0.29) is 5.91 Å². The molecule has 0 radical (unpaired) electrons. The van der Waals surface area contributed by atoms with E-state index < -0.39 is 0 Å². The number of methoxy groups -OCH3 is 1. The maximum atomic E-state index is 12.3. The number of amides is 1. The van der Waals surface area contributed by atoms with E-state index in [1.54, 1.807) is 36.6 Å². The van der Waals surface area contributed by atoms with Crippen molar-refractivity contribution < 1.29 is 9.53 Å². The molecule has 1 amide bonds. The Balaban J connectivity index is 1.73. The minimum Gasteiger partial charge on any atom is -0.496 e. The molecule has 4 nitrogen and oxygen atoms in total. The molecule has 0 unspecified atom stereocenters. The van der Waals surface area contributed by atoms with Crippen LogP contribution in [0.2, 0.25) is 0 Å². The fourth-order valence-corrected chi connectivity index (χ4v) is 3.39. The van der Waals surface area contributed by atoms with Crippen LogP contribution < -0.4 is 10.1 Å². The summed E-state index contributed by atoms with van der Waals surface area (Å²) in [4.78, 5) is 16.8. The minimum atomic E-state index is -0.171. The van der Waals surface area contributed by atoms with Gasteiger partial charge in [0.2, 0.25) is 0 Å². The quantitative estimate of drug-likeness (QED) is 0.656. The molecule has 122 valence electrons. The topological polar surface area (TPSA) is 51.2 Å². The van der Waals surface area contributed by atoms with Crippen LogP contribution in [-0.4, -0.2) is 18.0 Å². The molecule has 0 saturated carbocycles. The van der Waals surface area contributed by atoms with E-state index >= 15 is 0 Å². The third-order valence-electron chi connectivity index (χ3n) is 3.47. The number of rotatable bonds is 4. The molecule has 1 aromatic heterocycles. The summed E-state index contributed by atoms with van der Waals surface area (Å²) in [5.41, 5.74) is 3.28. The number of ether oxygens (including phenoxy) is 1. The first-order valence-electron chi connectivity index (χ1n) is 7.24. The molecule has 1 N–H and O–H groups in total. The van der Waals surface area contributed by atoms with Gasteiger partial charge in [-0.25, -0.2) is 4.98 Å². The van der Waals surface area contributed by atoms with E-state index in [9.17, 15) is 4.79 Å². The summed E-state index contributed by atoms with van der Waals surface area (Å²) in [6.45, 7) is 1.98. The van der Waals surface area contributed by atoms with E-state index in [1.165, 1.54) is 0 Å². The summed E-state index contributed by atoms with van der Waals surface area (Å²) < 4.78 is 5.91. The molecule has 0 saturated heterocycles. The second-order valence-electron chi connectivity index (χ2n) is 5.13. The second-order valence-corrected chi connectivity index (χ2v) is 7.05. The van der Waals surface area contributed by atoms with Crippen LogP contribution in [0.4, 0.5) is 5.69 Å². The van der Waals surface area contributed by atoms with E-state index in [1.807, 2.05) is 36.6 Å². The molecule has 24 heavy (non-hydrogen) atoms.